The summed E-state index contributed by atoms with van der Waals surface area (Å²) in [5, 5.41) is 4.51. The fourth-order valence-corrected chi connectivity index (χ4v) is 3.75. The van der Waals surface area contributed by atoms with E-state index in [0.717, 1.165) is 49.4 Å². The van der Waals surface area contributed by atoms with E-state index in [1.807, 2.05) is 37.3 Å². The summed E-state index contributed by atoms with van der Waals surface area (Å²) in [6.45, 7) is 6.02. The zero-order valence-corrected chi connectivity index (χ0v) is 16.6. The lowest BCUT2D eigenvalue weighted by Gasteiger charge is -2.30. The summed E-state index contributed by atoms with van der Waals surface area (Å²) in [4.78, 5) is 18.7. The normalized spacial score (nSPS) is 18.2. The van der Waals surface area contributed by atoms with Crippen molar-refractivity contribution < 1.29 is 0 Å². The molecule has 2 fully saturated rings. The topological polar surface area (TPSA) is 69.5 Å². The Morgan fingerprint density at radius 1 is 0.786 bits per heavy atom. The molecule has 148 valence electrons. The molecule has 4 rings (SSSR count). The van der Waals surface area contributed by atoms with Gasteiger partial charge in [0.15, 0.2) is 0 Å². The van der Waals surface area contributed by atoms with E-state index in [1.54, 1.807) is 0 Å². The lowest BCUT2D eigenvalue weighted by atomic mass is 10.1. The maximum absolute atomic E-state index is 4.81. The summed E-state index contributed by atoms with van der Waals surface area (Å²) in [6.07, 6.45) is 7.34. The molecule has 2 aliphatic rings. The predicted molar refractivity (Wildman–Crippen MR) is 114 cm³/mol. The molecule has 0 aliphatic carbocycles. The van der Waals surface area contributed by atoms with Crippen LogP contribution in [0.4, 0.5) is 17.8 Å². The van der Waals surface area contributed by atoms with Gasteiger partial charge in [0.05, 0.1) is 5.71 Å². The first-order valence-corrected chi connectivity index (χ1v) is 10.4. The highest BCUT2D eigenvalue weighted by Gasteiger charge is 2.20. The Hall–Kier alpha value is -2.70. The van der Waals surface area contributed by atoms with Gasteiger partial charge < -0.3 is 9.80 Å². The molecular formula is C21H29N7. The summed E-state index contributed by atoms with van der Waals surface area (Å²) in [7, 11) is 0. The van der Waals surface area contributed by atoms with Crippen molar-refractivity contribution in [2.45, 2.75) is 45.4 Å². The van der Waals surface area contributed by atoms with Gasteiger partial charge in [-0.1, -0.05) is 30.3 Å². The molecule has 28 heavy (non-hydrogen) atoms. The first-order chi connectivity index (χ1) is 13.8. The highest BCUT2D eigenvalue weighted by atomic mass is 15.4. The molecule has 7 nitrogen and oxygen atoms in total. The largest absolute Gasteiger partial charge is 0.341 e. The van der Waals surface area contributed by atoms with E-state index >= 15 is 0 Å². The van der Waals surface area contributed by atoms with Gasteiger partial charge in [0.1, 0.15) is 0 Å². The number of benzene rings is 1. The van der Waals surface area contributed by atoms with Crippen LogP contribution in [0.25, 0.3) is 0 Å². The minimum Gasteiger partial charge on any atom is -0.341 e. The first-order valence-electron chi connectivity index (χ1n) is 10.4. The second-order valence-corrected chi connectivity index (χ2v) is 7.53. The minimum atomic E-state index is 0.520. The molecular weight excluding hydrogens is 350 g/mol. The van der Waals surface area contributed by atoms with Gasteiger partial charge in [-0.3, -0.25) is 0 Å². The van der Waals surface area contributed by atoms with Gasteiger partial charge >= 0.3 is 0 Å². The van der Waals surface area contributed by atoms with Crippen LogP contribution in [0.2, 0.25) is 0 Å². The second kappa shape index (κ2) is 8.99. The van der Waals surface area contributed by atoms with Gasteiger partial charge in [0.2, 0.25) is 17.8 Å². The highest BCUT2D eigenvalue weighted by molar-refractivity contribution is 5.98. The van der Waals surface area contributed by atoms with Crippen molar-refractivity contribution >= 4 is 23.6 Å². The Morgan fingerprint density at radius 3 is 1.86 bits per heavy atom. The van der Waals surface area contributed by atoms with Gasteiger partial charge in [0, 0.05) is 26.2 Å². The fourth-order valence-electron chi connectivity index (χ4n) is 3.75. The number of hydrogen-bond donors (Lipinski definition) is 1. The predicted octanol–water partition coefficient (Wildman–Crippen LogP) is 3.69. The average Bonchev–Trinajstić information content (AvgIpc) is 2.79. The minimum absolute atomic E-state index is 0.520. The van der Waals surface area contributed by atoms with Gasteiger partial charge in [-0.15, -0.1) is 0 Å². The monoisotopic (exact) mass is 379 g/mol. The Kier molecular flexibility index (Phi) is 5.99. The fraction of sp³-hybridized carbons (Fsp3) is 0.524. The van der Waals surface area contributed by atoms with E-state index in [0.29, 0.717) is 5.95 Å². The number of rotatable bonds is 5. The maximum atomic E-state index is 4.81. The third-order valence-electron chi connectivity index (χ3n) is 5.40. The lowest BCUT2D eigenvalue weighted by molar-refractivity contribution is 0.556. The number of nitrogens with one attached hydrogen (secondary N) is 1. The molecule has 1 aromatic heterocycles. The molecule has 3 heterocycles. The molecule has 2 saturated heterocycles. The SMILES string of the molecule is CC(=NNc1nc(N2CCCCC2)nc(N2CCCCC2)n1)c1ccccc1. The number of piperidine rings is 2. The number of hydrogen-bond acceptors (Lipinski definition) is 7. The molecule has 0 radical (unpaired) electrons. The molecule has 2 aromatic rings. The van der Waals surface area contributed by atoms with Gasteiger partial charge in [-0.05, 0) is 51.0 Å². The average molecular weight is 380 g/mol. The first kappa shape index (κ1) is 18.7. The zero-order chi connectivity index (χ0) is 19.2. The van der Waals surface area contributed by atoms with Crippen LogP contribution < -0.4 is 15.2 Å². The van der Waals surface area contributed by atoms with E-state index in [-0.39, 0.29) is 0 Å². The van der Waals surface area contributed by atoms with Crippen molar-refractivity contribution in [3.63, 3.8) is 0 Å². The smallest absolute Gasteiger partial charge is 0.250 e. The summed E-state index contributed by atoms with van der Waals surface area (Å²) >= 11 is 0. The van der Waals surface area contributed by atoms with Crippen molar-refractivity contribution in [3.8, 4) is 0 Å². The van der Waals surface area contributed by atoms with Gasteiger partial charge in [0.25, 0.3) is 0 Å². The van der Waals surface area contributed by atoms with E-state index in [2.05, 4.69) is 30.3 Å². The molecule has 0 spiro atoms. The van der Waals surface area contributed by atoms with Crippen LogP contribution in [0.1, 0.15) is 51.0 Å². The highest BCUT2D eigenvalue weighted by Crippen LogP contribution is 2.22. The van der Waals surface area contributed by atoms with Crippen LogP contribution in [-0.4, -0.2) is 46.8 Å². The Balaban J connectivity index is 1.59. The molecule has 1 aromatic carbocycles. The van der Waals surface area contributed by atoms with Crippen molar-refractivity contribution in [3.05, 3.63) is 35.9 Å². The quantitative estimate of drug-likeness (QED) is 0.631. The van der Waals surface area contributed by atoms with E-state index < -0.39 is 0 Å². The zero-order valence-electron chi connectivity index (χ0n) is 16.6. The van der Waals surface area contributed by atoms with Crippen molar-refractivity contribution in [1.82, 2.24) is 15.0 Å². The summed E-state index contributed by atoms with van der Waals surface area (Å²) < 4.78 is 0. The number of nitrogens with zero attached hydrogens (tertiary/aromatic N) is 6. The lowest BCUT2D eigenvalue weighted by Crippen LogP contribution is -2.34. The van der Waals surface area contributed by atoms with Crippen molar-refractivity contribution in [1.29, 1.82) is 0 Å². The maximum Gasteiger partial charge on any atom is 0.250 e. The Labute approximate surface area is 166 Å². The van der Waals surface area contributed by atoms with Crippen LogP contribution in [0.15, 0.2) is 35.4 Å². The summed E-state index contributed by atoms with van der Waals surface area (Å²) in [5.74, 6) is 2.06. The van der Waals surface area contributed by atoms with Crippen LogP contribution in [0.5, 0.6) is 0 Å². The van der Waals surface area contributed by atoms with E-state index in [9.17, 15) is 0 Å². The summed E-state index contributed by atoms with van der Waals surface area (Å²) in [6, 6.07) is 10.1. The van der Waals surface area contributed by atoms with Crippen molar-refractivity contribution in [2.24, 2.45) is 5.10 Å². The van der Waals surface area contributed by atoms with E-state index in [1.165, 1.54) is 38.5 Å². The Morgan fingerprint density at radius 2 is 1.32 bits per heavy atom. The van der Waals surface area contributed by atoms with Gasteiger partial charge in [-0.2, -0.15) is 20.1 Å². The number of anilines is 3. The molecule has 0 unspecified atom stereocenters. The van der Waals surface area contributed by atoms with Crippen LogP contribution in [0.3, 0.4) is 0 Å². The molecule has 7 heteroatoms. The molecule has 2 aliphatic heterocycles. The molecule has 0 bridgehead atoms. The molecule has 0 amide bonds. The van der Waals surface area contributed by atoms with Crippen LogP contribution >= 0.6 is 0 Å². The molecule has 0 atom stereocenters. The third kappa shape index (κ3) is 4.58. The van der Waals surface area contributed by atoms with Gasteiger partial charge in [-0.25, -0.2) is 5.43 Å². The van der Waals surface area contributed by atoms with Crippen LogP contribution in [-0.2, 0) is 0 Å². The summed E-state index contributed by atoms with van der Waals surface area (Å²) in [5.41, 5.74) is 5.06. The standard InChI is InChI=1S/C21H29N7/c1-17(18-11-5-2-6-12-18)25-26-19-22-20(27-13-7-3-8-14-27)24-21(23-19)28-15-9-4-10-16-28/h2,5-6,11-12H,3-4,7-10,13-16H2,1H3,(H,22,23,24,26). The number of aromatic nitrogens is 3. The third-order valence-corrected chi connectivity index (χ3v) is 5.40. The second-order valence-electron chi connectivity index (χ2n) is 7.53. The van der Waals surface area contributed by atoms with Crippen LogP contribution in [0, 0.1) is 0 Å². The van der Waals surface area contributed by atoms with E-state index in [4.69, 9.17) is 4.98 Å². The Bertz CT molecular complexity index is 757. The molecule has 1 N–H and O–H groups in total. The number of hydrazone groups is 1. The molecule has 0 saturated carbocycles. The van der Waals surface area contributed by atoms with Crippen molar-refractivity contribution in [2.75, 3.05) is 41.4 Å².